The van der Waals surface area contributed by atoms with Crippen LogP contribution in [0.25, 0.3) is 0 Å². The molecule has 0 spiro atoms. The molecule has 0 saturated heterocycles. The Morgan fingerprint density at radius 1 is 0.808 bits per heavy atom. The molecule has 0 bridgehead atoms. The molecule has 0 atom stereocenters. The fraction of sp³-hybridized carbons (Fsp3) is 0.650. The first-order chi connectivity index (χ1) is 11.6. The molecule has 0 fully saturated rings. The molecule has 1 aromatic carbocycles. The number of carbonyl (C=O) groups is 1. The average molecular weight is 397 g/mol. The summed E-state index contributed by atoms with van der Waals surface area (Å²) in [6.07, 6.45) is 0.834. The lowest BCUT2D eigenvalue weighted by atomic mass is 10.2. The summed E-state index contributed by atoms with van der Waals surface area (Å²) in [4.78, 5) is 11.7. The van der Waals surface area contributed by atoms with Crippen molar-refractivity contribution in [3.05, 3.63) is 17.7 Å². The predicted molar refractivity (Wildman–Crippen MR) is 114 cm³/mol. The Hall–Kier alpha value is -1.28. The molecule has 1 aromatic rings. The van der Waals surface area contributed by atoms with Gasteiger partial charge in [0.2, 0.25) is 0 Å². The summed E-state index contributed by atoms with van der Waals surface area (Å²) in [5.74, 6) is 1.69. The molecule has 0 aromatic heterocycles. The van der Waals surface area contributed by atoms with Crippen LogP contribution >= 0.6 is 0 Å². The van der Waals surface area contributed by atoms with E-state index in [0.29, 0.717) is 22.8 Å². The smallest absolute Gasteiger partial charge is 0.250 e. The number of benzene rings is 1. The van der Waals surface area contributed by atoms with Crippen LogP contribution in [0.15, 0.2) is 12.1 Å². The van der Waals surface area contributed by atoms with Crippen molar-refractivity contribution >= 4 is 22.9 Å². The molecule has 0 unspecified atom stereocenters. The second kappa shape index (κ2) is 7.39. The van der Waals surface area contributed by atoms with E-state index in [4.69, 9.17) is 13.6 Å². The molecule has 0 radical (unpaired) electrons. The summed E-state index contributed by atoms with van der Waals surface area (Å²) in [6, 6.07) is 3.53. The van der Waals surface area contributed by atoms with Crippen LogP contribution in [0.5, 0.6) is 17.2 Å². The Kier molecular flexibility index (Phi) is 6.47. The Morgan fingerprint density at radius 3 is 1.58 bits per heavy atom. The highest BCUT2D eigenvalue weighted by Crippen LogP contribution is 2.48. The minimum atomic E-state index is -2.16. The highest BCUT2D eigenvalue weighted by Gasteiger charge is 2.43. The van der Waals surface area contributed by atoms with Crippen molar-refractivity contribution in [1.29, 1.82) is 0 Å². The van der Waals surface area contributed by atoms with Crippen molar-refractivity contribution in [2.75, 3.05) is 7.11 Å². The molecular weight excluding hydrogens is 360 g/mol. The Balaban J connectivity index is 3.60. The summed E-state index contributed by atoms with van der Waals surface area (Å²) in [6.45, 7) is 21.8. The van der Waals surface area contributed by atoms with Crippen LogP contribution in [-0.4, -0.2) is 30.0 Å². The number of carbonyl (C=O) groups excluding carboxylic acids is 1. The second-order valence-corrected chi connectivity index (χ2v) is 19.3. The number of aldehydes is 1. The van der Waals surface area contributed by atoms with Crippen molar-refractivity contribution in [3.63, 3.8) is 0 Å². The molecule has 1 rings (SSSR count). The third-order valence-corrected chi connectivity index (χ3v) is 14.4. The average Bonchev–Trinajstić information content (AvgIpc) is 2.46. The van der Waals surface area contributed by atoms with E-state index in [9.17, 15) is 4.79 Å². The summed E-state index contributed by atoms with van der Waals surface area (Å²) in [5.41, 5.74) is 0.504. The van der Waals surface area contributed by atoms with E-state index in [1.807, 2.05) is 0 Å². The van der Waals surface area contributed by atoms with Crippen molar-refractivity contribution in [3.8, 4) is 17.2 Å². The maximum Gasteiger partial charge on any atom is 0.250 e. The summed E-state index contributed by atoms with van der Waals surface area (Å²) < 4.78 is 18.7. The van der Waals surface area contributed by atoms with E-state index in [1.165, 1.54) is 0 Å². The van der Waals surface area contributed by atoms with Gasteiger partial charge in [-0.1, -0.05) is 41.5 Å². The van der Waals surface area contributed by atoms with Gasteiger partial charge in [0.25, 0.3) is 16.6 Å². The highest BCUT2D eigenvalue weighted by molar-refractivity contribution is 6.75. The van der Waals surface area contributed by atoms with Crippen LogP contribution in [-0.2, 0) is 0 Å². The van der Waals surface area contributed by atoms with Gasteiger partial charge in [-0.15, -0.1) is 0 Å². The highest BCUT2D eigenvalue weighted by atomic mass is 28.4. The fourth-order valence-electron chi connectivity index (χ4n) is 1.83. The molecule has 0 saturated carbocycles. The van der Waals surface area contributed by atoms with Crippen LogP contribution < -0.4 is 13.6 Å². The van der Waals surface area contributed by atoms with E-state index in [0.717, 1.165) is 6.29 Å². The first-order valence-electron chi connectivity index (χ1n) is 9.11. The SMILES string of the molecule is COc1ccc(C=O)c(O[Si](C)(C)C(C)(C)C)c1O[Si](C)(C)C(C)(C)C. The number of rotatable bonds is 6. The number of hydrogen-bond donors (Lipinski definition) is 0. The van der Waals surface area contributed by atoms with Crippen LogP contribution in [0.4, 0.5) is 0 Å². The Bertz CT molecular complexity index is 653. The minimum absolute atomic E-state index is 0.00444. The van der Waals surface area contributed by atoms with Gasteiger partial charge in [0.05, 0.1) is 12.7 Å². The van der Waals surface area contributed by atoms with E-state index >= 15 is 0 Å². The third-order valence-electron chi connectivity index (χ3n) is 5.78. The van der Waals surface area contributed by atoms with Gasteiger partial charge < -0.3 is 13.6 Å². The van der Waals surface area contributed by atoms with Crippen LogP contribution in [0, 0.1) is 0 Å². The minimum Gasteiger partial charge on any atom is -0.540 e. The van der Waals surface area contributed by atoms with Gasteiger partial charge in [-0.05, 0) is 48.4 Å². The van der Waals surface area contributed by atoms with E-state index in [1.54, 1.807) is 19.2 Å². The Labute approximate surface area is 161 Å². The van der Waals surface area contributed by atoms with Crippen molar-refractivity contribution in [2.45, 2.75) is 77.8 Å². The van der Waals surface area contributed by atoms with Gasteiger partial charge in [-0.3, -0.25) is 4.79 Å². The largest absolute Gasteiger partial charge is 0.540 e. The third kappa shape index (κ3) is 4.71. The molecule has 4 nitrogen and oxygen atoms in total. The zero-order valence-electron chi connectivity index (χ0n) is 18.4. The first kappa shape index (κ1) is 22.8. The van der Waals surface area contributed by atoms with Gasteiger partial charge in [0, 0.05) is 0 Å². The Morgan fingerprint density at radius 2 is 1.23 bits per heavy atom. The molecule has 148 valence electrons. The number of ether oxygens (including phenoxy) is 1. The second-order valence-electron chi connectivity index (χ2n) is 9.86. The summed E-state index contributed by atoms with van der Waals surface area (Å²) in [5, 5.41) is 0.0217. The van der Waals surface area contributed by atoms with Gasteiger partial charge in [0.15, 0.2) is 23.5 Å². The lowest BCUT2D eigenvalue weighted by molar-refractivity contribution is 0.112. The molecule has 0 aliphatic rings. The quantitative estimate of drug-likeness (QED) is 0.419. The molecule has 0 aliphatic heterocycles. The molecule has 0 aliphatic carbocycles. The first-order valence-corrected chi connectivity index (χ1v) is 14.9. The zero-order chi connectivity index (χ0) is 20.6. The van der Waals surface area contributed by atoms with Crippen molar-refractivity contribution in [2.24, 2.45) is 0 Å². The van der Waals surface area contributed by atoms with Gasteiger partial charge in [-0.2, -0.15) is 0 Å². The molecule has 0 heterocycles. The molecule has 26 heavy (non-hydrogen) atoms. The van der Waals surface area contributed by atoms with Gasteiger partial charge in [-0.25, -0.2) is 0 Å². The fourth-order valence-corrected chi connectivity index (χ4v) is 3.87. The normalized spacial score (nSPS) is 13.3. The van der Waals surface area contributed by atoms with Gasteiger partial charge >= 0.3 is 0 Å². The summed E-state index contributed by atoms with van der Waals surface area (Å²) >= 11 is 0. The number of methoxy groups -OCH3 is 1. The van der Waals surface area contributed by atoms with Crippen LogP contribution in [0.1, 0.15) is 51.9 Å². The van der Waals surface area contributed by atoms with E-state index < -0.39 is 16.6 Å². The molecule has 6 heteroatoms. The maximum atomic E-state index is 11.7. The van der Waals surface area contributed by atoms with Gasteiger partial charge in [0.1, 0.15) is 0 Å². The van der Waals surface area contributed by atoms with Crippen LogP contribution in [0.2, 0.25) is 36.3 Å². The molecular formula is C20H36O4Si2. The number of hydrogen-bond acceptors (Lipinski definition) is 4. The monoisotopic (exact) mass is 396 g/mol. The van der Waals surface area contributed by atoms with E-state index in [2.05, 4.69) is 67.7 Å². The standard InChI is InChI=1S/C20H36O4Si2/c1-19(2,3)25(8,9)23-17-15(14-21)12-13-16(22-7)18(17)24-26(10,11)20(4,5)6/h12-14H,1-11H3. The lowest BCUT2D eigenvalue weighted by Crippen LogP contribution is -2.46. The van der Waals surface area contributed by atoms with Crippen molar-refractivity contribution < 1.29 is 18.4 Å². The predicted octanol–water partition coefficient (Wildman–Crippen LogP) is 6.28. The molecule has 0 N–H and O–H groups in total. The van der Waals surface area contributed by atoms with Crippen molar-refractivity contribution in [1.82, 2.24) is 0 Å². The van der Waals surface area contributed by atoms with Crippen LogP contribution in [0.3, 0.4) is 0 Å². The lowest BCUT2D eigenvalue weighted by Gasteiger charge is -2.40. The van der Waals surface area contributed by atoms with E-state index in [-0.39, 0.29) is 10.1 Å². The summed E-state index contributed by atoms with van der Waals surface area (Å²) in [7, 11) is -2.69. The molecule has 0 amide bonds. The maximum absolute atomic E-state index is 11.7. The zero-order valence-corrected chi connectivity index (χ0v) is 20.4. The topological polar surface area (TPSA) is 44.8 Å².